The van der Waals surface area contributed by atoms with Crippen molar-refractivity contribution in [3.63, 3.8) is 0 Å². The van der Waals surface area contributed by atoms with Crippen LogP contribution >= 0.6 is 0 Å². The van der Waals surface area contributed by atoms with E-state index in [9.17, 15) is 0 Å². The van der Waals surface area contributed by atoms with Gasteiger partial charge in [0, 0.05) is 119 Å². The van der Waals surface area contributed by atoms with Gasteiger partial charge in [0.1, 0.15) is 0 Å². The third-order valence-electron chi connectivity index (χ3n) is 12.4. The minimum Gasteiger partial charge on any atom is -0.377 e. The second-order valence-electron chi connectivity index (χ2n) is 16.8. The van der Waals surface area contributed by atoms with E-state index in [0.717, 1.165) is 0 Å². The molecule has 0 radical (unpaired) electrons. The van der Waals surface area contributed by atoms with Gasteiger partial charge in [-0.1, -0.05) is 23.3 Å². The van der Waals surface area contributed by atoms with Gasteiger partial charge in [-0.3, -0.25) is 0 Å². The number of rotatable bonds is 10. The van der Waals surface area contributed by atoms with Crippen molar-refractivity contribution in [1.29, 1.82) is 0 Å². The fourth-order valence-corrected chi connectivity index (χ4v) is 16.5. The maximum atomic E-state index is 2.60. The quantitative estimate of drug-likeness (QED) is 0.161. The Balaban J connectivity index is 2.63. The zero-order valence-corrected chi connectivity index (χ0v) is 38.0. The van der Waals surface area contributed by atoms with Gasteiger partial charge in [-0.15, -0.1) is 0 Å². The Hall–Kier alpha value is -3.84. The highest BCUT2D eigenvalue weighted by atomic mass is 28.3. The normalized spacial score (nSPS) is 14.8. The molecule has 0 heterocycles. The molecule has 0 fully saturated rings. The molecule has 3 aromatic rings. The smallest absolute Gasteiger partial charge is 0.177 e. The molecule has 1 atom stereocenters. The van der Waals surface area contributed by atoms with Crippen LogP contribution in [0.4, 0.5) is 34.1 Å². The Kier molecular flexibility index (Phi) is 11.4. The summed E-state index contributed by atoms with van der Waals surface area (Å²) >= 11 is 0. The van der Waals surface area contributed by atoms with Crippen molar-refractivity contribution in [3.05, 3.63) is 73.5 Å². The van der Waals surface area contributed by atoms with Crippen molar-refractivity contribution in [3.8, 4) is 0 Å². The summed E-state index contributed by atoms with van der Waals surface area (Å²) in [7, 11) is 23.4. The lowest BCUT2D eigenvalue weighted by Gasteiger charge is -2.45. The van der Waals surface area contributed by atoms with E-state index in [4.69, 9.17) is 0 Å². The van der Waals surface area contributed by atoms with Crippen LogP contribution in [-0.4, -0.2) is 92.6 Å². The predicted octanol–water partition coefficient (Wildman–Crippen LogP) is 7.25. The van der Waals surface area contributed by atoms with Crippen molar-refractivity contribution < 1.29 is 0 Å². The molecular weight excluding hydrogens is 653 g/mol. The average molecular weight is 723 g/mol. The Morgan fingerprint density at radius 3 is 0.846 bits per heavy atom. The second-order valence-corrected chi connectivity index (χ2v) is 20.5. The van der Waals surface area contributed by atoms with Crippen molar-refractivity contribution in [2.75, 3.05) is 114 Å². The molecule has 284 valence electrons. The van der Waals surface area contributed by atoms with E-state index in [0.29, 0.717) is 0 Å². The van der Waals surface area contributed by atoms with Crippen LogP contribution in [0.3, 0.4) is 0 Å². The van der Waals surface area contributed by atoms with Crippen molar-refractivity contribution in [1.82, 2.24) is 0 Å². The Morgan fingerprint density at radius 1 is 0.385 bits per heavy atom. The molecule has 4 rings (SSSR count). The molecule has 0 bridgehead atoms. The van der Waals surface area contributed by atoms with E-state index in [-0.39, 0.29) is 5.92 Å². The molecule has 7 heteroatoms. The lowest BCUT2D eigenvalue weighted by Crippen LogP contribution is -2.72. The van der Waals surface area contributed by atoms with Crippen molar-refractivity contribution >= 4 is 57.8 Å². The number of hydrogen-bond donors (Lipinski definition) is 0. The summed E-state index contributed by atoms with van der Waals surface area (Å²) in [6.45, 7) is 23.8. The van der Waals surface area contributed by atoms with Gasteiger partial charge in [-0.05, 0) is 141 Å². The first-order valence-corrected chi connectivity index (χ1v) is 20.8. The molecule has 0 saturated heterocycles. The first-order valence-electron chi connectivity index (χ1n) is 18.8. The van der Waals surface area contributed by atoms with Crippen LogP contribution in [0.15, 0.2) is 40.1 Å². The number of anilines is 6. The highest BCUT2D eigenvalue weighted by Crippen LogP contribution is 2.46. The molecule has 3 aromatic carbocycles. The van der Waals surface area contributed by atoms with Crippen LogP contribution in [0.5, 0.6) is 0 Å². The SMILES string of the molecule is CC1=C(C)C(C)C([Si](c2cc(N(C)C)c(C)c(N(C)C)c2C)(c2cc(N(C)C)c(C)c(N(C)C)c2C)c2cc(N(C)C)c(C)c(N(C)C)c2C)=C1C. The van der Waals surface area contributed by atoms with Gasteiger partial charge in [0.05, 0.1) is 0 Å². The van der Waals surface area contributed by atoms with Gasteiger partial charge in [-0.25, -0.2) is 0 Å². The molecule has 0 aromatic heterocycles. The van der Waals surface area contributed by atoms with E-state index in [1.54, 1.807) is 5.20 Å². The second kappa shape index (κ2) is 14.5. The maximum absolute atomic E-state index is 3.19. The summed E-state index contributed by atoms with van der Waals surface area (Å²) in [5.74, 6) is 0.288. The van der Waals surface area contributed by atoms with Crippen LogP contribution in [0.25, 0.3) is 0 Å². The summed E-state index contributed by atoms with van der Waals surface area (Å²) in [5, 5.41) is 6.07. The number of allylic oxidation sites excluding steroid dienone is 4. The fraction of sp³-hybridized carbons (Fsp3) is 0.511. The number of benzene rings is 3. The Labute approximate surface area is 319 Å². The highest BCUT2D eigenvalue weighted by Gasteiger charge is 2.52. The molecule has 0 amide bonds. The maximum Gasteiger partial charge on any atom is 0.177 e. The van der Waals surface area contributed by atoms with E-state index in [2.05, 4.69) is 201 Å². The monoisotopic (exact) mass is 723 g/mol. The van der Waals surface area contributed by atoms with E-state index in [1.807, 2.05) is 0 Å². The molecule has 0 N–H and O–H groups in total. The molecule has 52 heavy (non-hydrogen) atoms. The lowest BCUT2D eigenvalue weighted by atomic mass is 10.0. The largest absolute Gasteiger partial charge is 0.377 e. The third-order valence-corrected chi connectivity index (χ3v) is 18.0. The Bertz CT molecular complexity index is 1780. The van der Waals surface area contributed by atoms with Crippen molar-refractivity contribution in [2.24, 2.45) is 5.92 Å². The van der Waals surface area contributed by atoms with Crippen LogP contribution in [-0.2, 0) is 0 Å². The van der Waals surface area contributed by atoms with Crippen molar-refractivity contribution in [2.45, 2.75) is 69.2 Å². The predicted molar refractivity (Wildman–Crippen MR) is 239 cm³/mol. The summed E-state index contributed by atoms with van der Waals surface area (Å²) in [6, 6.07) is 7.81. The zero-order chi connectivity index (χ0) is 39.6. The summed E-state index contributed by atoms with van der Waals surface area (Å²) in [5.41, 5.74) is 20.3. The van der Waals surface area contributed by atoms with E-state index in [1.165, 1.54) is 99.8 Å². The molecular formula is C45H70N6Si. The molecule has 1 unspecified atom stereocenters. The van der Waals surface area contributed by atoms with Gasteiger partial charge in [0.15, 0.2) is 8.07 Å². The van der Waals surface area contributed by atoms with Crippen LogP contribution < -0.4 is 45.0 Å². The van der Waals surface area contributed by atoms with Gasteiger partial charge < -0.3 is 29.4 Å². The molecule has 0 aliphatic heterocycles. The summed E-state index contributed by atoms with van der Waals surface area (Å²) in [4.78, 5) is 14.0. The minimum absolute atomic E-state index is 0.288. The fourth-order valence-electron chi connectivity index (χ4n) is 10.1. The zero-order valence-electron chi connectivity index (χ0n) is 37.0. The minimum atomic E-state index is -3.19. The Morgan fingerprint density at radius 2 is 0.654 bits per heavy atom. The molecule has 1 aliphatic carbocycles. The number of nitrogens with zero attached hydrogens (tertiary/aromatic N) is 6. The van der Waals surface area contributed by atoms with Gasteiger partial charge in [0.25, 0.3) is 0 Å². The molecule has 0 saturated carbocycles. The first-order chi connectivity index (χ1) is 24.0. The first kappa shape index (κ1) is 40.9. The van der Waals surface area contributed by atoms with Gasteiger partial charge >= 0.3 is 0 Å². The lowest BCUT2D eigenvalue weighted by molar-refractivity contribution is 0.851. The van der Waals surface area contributed by atoms with Crippen LogP contribution in [0, 0.1) is 47.5 Å². The van der Waals surface area contributed by atoms with E-state index >= 15 is 0 Å². The molecule has 1 aliphatic rings. The highest BCUT2D eigenvalue weighted by molar-refractivity contribution is 7.17. The molecule has 6 nitrogen and oxygen atoms in total. The topological polar surface area (TPSA) is 19.4 Å². The number of hydrogen-bond acceptors (Lipinski definition) is 6. The third kappa shape index (κ3) is 6.11. The summed E-state index contributed by atoms with van der Waals surface area (Å²) < 4.78 is 0. The van der Waals surface area contributed by atoms with Gasteiger partial charge in [0.2, 0.25) is 0 Å². The standard InChI is InChI=1S/C45H70N6Si/c1-26-27(2)29(4)45(28(26)3)52(39-23-36(46(11)12)30(5)42(33(39)8)49(17)18,40-24-37(47(13)14)31(6)43(34(40)9)50(19)20)41-25-38(48(15)16)32(7)44(35(41)10)51(21)22/h23-25,28H,1-22H3. The van der Waals surface area contributed by atoms with Gasteiger partial charge in [-0.2, -0.15) is 0 Å². The summed E-state index contributed by atoms with van der Waals surface area (Å²) in [6.07, 6.45) is 0. The molecule has 0 spiro atoms. The van der Waals surface area contributed by atoms with E-state index < -0.39 is 8.07 Å². The van der Waals surface area contributed by atoms with Crippen LogP contribution in [0.1, 0.15) is 61.1 Å². The van der Waals surface area contributed by atoms with Crippen LogP contribution in [0.2, 0.25) is 0 Å². The average Bonchev–Trinajstić information content (AvgIpc) is 3.20.